The van der Waals surface area contributed by atoms with Gasteiger partial charge in [0.05, 0.1) is 14.2 Å². The van der Waals surface area contributed by atoms with E-state index in [9.17, 15) is 0 Å². The Morgan fingerprint density at radius 3 is 2.05 bits per heavy atom. The molecule has 0 amide bonds. The Balaban J connectivity index is 2.95. The molecule has 0 aliphatic heterocycles. The summed E-state index contributed by atoms with van der Waals surface area (Å²) >= 11 is 0. The van der Waals surface area contributed by atoms with Gasteiger partial charge in [0.15, 0.2) is 0 Å². The van der Waals surface area contributed by atoms with E-state index in [-0.39, 0.29) is 17.6 Å². The van der Waals surface area contributed by atoms with E-state index in [0.717, 1.165) is 6.42 Å². The Labute approximate surface area is 113 Å². The number of ether oxygens (including phenoxy) is 2. The van der Waals surface area contributed by atoms with Crippen molar-refractivity contribution in [3.63, 3.8) is 0 Å². The summed E-state index contributed by atoms with van der Waals surface area (Å²) in [6, 6.07) is 0.413. The fourth-order valence-corrected chi connectivity index (χ4v) is 1.93. The zero-order valence-electron chi connectivity index (χ0n) is 12.2. The minimum absolute atomic E-state index is 0.207. The van der Waals surface area contributed by atoms with Crippen LogP contribution in [0.15, 0.2) is 0 Å². The SMILES string of the molecule is COc1nc(NC(C)(CN)CC(C)C)nc(OC)n1. The maximum atomic E-state index is 5.85. The number of nitrogens with two attached hydrogens (primary N) is 1. The van der Waals surface area contributed by atoms with E-state index in [0.29, 0.717) is 18.4 Å². The van der Waals surface area contributed by atoms with Crippen LogP contribution >= 0.6 is 0 Å². The van der Waals surface area contributed by atoms with E-state index in [4.69, 9.17) is 15.2 Å². The van der Waals surface area contributed by atoms with Crippen molar-refractivity contribution in [2.24, 2.45) is 11.7 Å². The summed E-state index contributed by atoms with van der Waals surface area (Å²) in [7, 11) is 2.99. The van der Waals surface area contributed by atoms with Crippen molar-refractivity contribution in [3.8, 4) is 12.0 Å². The van der Waals surface area contributed by atoms with Gasteiger partial charge in [-0.25, -0.2) is 0 Å². The second-order valence-corrected chi connectivity index (χ2v) is 5.12. The van der Waals surface area contributed by atoms with E-state index in [1.54, 1.807) is 0 Å². The minimum atomic E-state index is -0.286. The first-order valence-corrected chi connectivity index (χ1v) is 6.24. The van der Waals surface area contributed by atoms with Gasteiger partial charge in [0.2, 0.25) is 5.95 Å². The molecule has 0 radical (unpaired) electrons. The lowest BCUT2D eigenvalue weighted by atomic mass is 9.91. The number of methoxy groups -OCH3 is 2. The predicted octanol–water partition coefficient (Wildman–Crippen LogP) is 1.06. The molecule has 7 nitrogen and oxygen atoms in total. The Hall–Kier alpha value is -1.63. The number of nitrogens with one attached hydrogen (secondary N) is 1. The normalized spacial score (nSPS) is 14.1. The largest absolute Gasteiger partial charge is 0.467 e. The molecule has 1 atom stereocenters. The van der Waals surface area contributed by atoms with Gasteiger partial charge in [-0.15, -0.1) is 4.98 Å². The number of anilines is 1. The van der Waals surface area contributed by atoms with Crippen molar-refractivity contribution >= 4 is 5.95 Å². The number of rotatable bonds is 7. The summed E-state index contributed by atoms with van der Waals surface area (Å²) in [5.74, 6) is 0.906. The molecule has 7 heteroatoms. The quantitative estimate of drug-likeness (QED) is 0.764. The summed E-state index contributed by atoms with van der Waals surface area (Å²) in [5, 5.41) is 3.24. The number of hydrogen-bond donors (Lipinski definition) is 2. The predicted molar refractivity (Wildman–Crippen MR) is 73.5 cm³/mol. The summed E-state index contributed by atoms with van der Waals surface area (Å²) < 4.78 is 10.0. The van der Waals surface area contributed by atoms with Crippen LogP contribution in [-0.2, 0) is 0 Å². The van der Waals surface area contributed by atoms with Crippen LogP contribution in [0, 0.1) is 5.92 Å². The molecule has 0 saturated heterocycles. The fraction of sp³-hybridized carbons (Fsp3) is 0.750. The van der Waals surface area contributed by atoms with Crippen LogP contribution in [0.5, 0.6) is 12.0 Å². The molecule has 1 rings (SSSR count). The first kappa shape index (κ1) is 15.4. The van der Waals surface area contributed by atoms with Gasteiger partial charge in [0.1, 0.15) is 0 Å². The monoisotopic (exact) mass is 269 g/mol. The molecular weight excluding hydrogens is 246 g/mol. The Bertz CT molecular complexity index is 391. The molecule has 3 N–H and O–H groups in total. The number of aromatic nitrogens is 3. The molecule has 0 saturated carbocycles. The maximum Gasteiger partial charge on any atom is 0.324 e. The molecule has 0 aliphatic rings. The highest BCUT2D eigenvalue weighted by Crippen LogP contribution is 2.21. The van der Waals surface area contributed by atoms with Gasteiger partial charge < -0.3 is 20.5 Å². The molecule has 1 aromatic rings. The third-order valence-corrected chi connectivity index (χ3v) is 2.68. The molecule has 19 heavy (non-hydrogen) atoms. The van der Waals surface area contributed by atoms with Gasteiger partial charge >= 0.3 is 12.0 Å². The number of nitrogens with zero attached hydrogens (tertiary/aromatic N) is 3. The number of hydrogen-bond acceptors (Lipinski definition) is 7. The molecule has 0 fully saturated rings. The van der Waals surface area contributed by atoms with Crippen LogP contribution < -0.4 is 20.5 Å². The van der Waals surface area contributed by atoms with E-state index >= 15 is 0 Å². The van der Waals surface area contributed by atoms with Crippen molar-refractivity contribution < 1.29 is 9.47 Å². The highest BCUT2D eigenvalue weighted by atomic mass is 16.5. The van der Waals surface area contributed by atoms with Crippen LogP contribution in [0.4, 0.5) is 5.95 Å². The molecule has 1 unspecified atom stereocenters. The van der Waals surface area contributed by atoms with E-state index in [1.807, 2.05) is 6.92 Å². The topological polar surface area (TPSA) is 95.2 Å². The molecule has 0 spiro atoms. The minimum Gasteiger partial charge on any atom is -0.467 e. The van der Waals surface area contributed by atoms with Gasteiger partial charge in [-0.05, 0) is 19.3 Å². The van der Waals surface area contributed by atoms with Crippen LogP contribution in [-0.4, -0.2) is 41.3 Å². The summed E-state index contributed by atoms with van der Waals surface area (Å²) in [4.78, 5) is 12.2. The second-order valence-electron chi connectivity index (χ2n) is 5.12. The smallest absolute Gasteiger partial charge is 0.324 e. The summed E-state index contributed by atoms with van der Waals surface area (Å²) in [5.41, 5.74) is 5.56. The van der Waals surface area contributed by atoms with E-state index < -0.39 is 0 Å². The van der Waals surface area contributed by atoms with Crippen LogP contribution in [0.25, 0.3) is 0 Å². The van der Waals surface area contributed by atoms with Gasteiger partial charge in [0.25, 0.3) is 0 Å². The Morgan fingerprint density at radius 1 is 1.16 bits per heavy atom. The van der Waals surface area contributed by atoms with E-state index in [2.05, 4.69) is 34.1 Å². The van der Waals surface area contributed by atoms with Crippen LogP contribution in [0.1, 0.15) is 27.2 Å². The highest BCUT2D eigenvalue weighted by Gasteiger charge is 2.25. The zero-order valence-corrected chi connectivity index (χ0v) is 12.2. The standard InChI is InChI=1S/C12H23N5O2/c1-8(2)6-12(3,7-13)17-9-14-10(18-4)16-11(15-9)19-5/h8H,6-7,13H2,1-5H3,(H,14,15,16,17). The van der Waals surface area contributed by atoms with Crippen molar-refractivity contribution in [2.45, 2.75) is 32.7 Å². The van der Waals surface area contributed by atoms with E-state index in [1.165, 1.54) is 14.2 Å². The molecule has 0 aromatic carbocycles. The molecule has 0 aliphatic carbocycles. The molecule has 108 valence electrons. The average molecular weight is 269 g/mol. The molecule has 0 bridgehead atoms. The lowest BCUT2D eigenvalue weighted by Crippen LogP contribution is -2.44. The van der Waals surface area contributed by atoms with Gasteiger partial charge in [0, 0.05) is 12.1 Å². The van der Waals surface area contributed by atoms with Crippen molar-refractivity contribution in [2.75, 3.05) is 26.1 Å². The van der Waals surface area contributed by atoms with Crippen LogP contribution in [0.2, 0.25) is 0 Å². The summed E-state index contributed by atoms with van der Waals surface area (Å²) in [6.45, 7) is 6.80. The van der Waals surface area contributed by atoms with Crippen molar-refractivity contribution in [1.29, 1.82) is 0 Å². The lowest BCUT2D eigenvalue weighted by molar-refractivity contribution is 0.338. The van der Waals surface area contributed by atoms with Crippen molar-refractivity contribution in [3.05, 3.63) is 0 Å². The second kappa shape index (κ2) is 6.51. The van der Waals surface area contributed by atoms with Crippen LogP contribution in [0.3, 0.4) is 0 Å². The van der Waals surface area contributed by atoms with Gasteiger partial charge in [-0.2, -0.15) is 9.97 Å². The fourth-order valence-electron chi connectivity index (χ4n) is 1.93. The van der Waals surface area contributed by atoms with Gasteiger partial charge in [-0.1, -0.05) is 13.8 Å². The average Bonchev–Trinajstić information content (AvgIpc) is 2.37. The molecular formula is C12H23N5O2. The maximum absolute atomic E-state index is 5.85. The highest BCUT2D eigenvalue weighted by molar-refractivity contribution is 5.31. The lowest BCUT2D eigenvalue weighted by Gasteiger charge is -2.31. The zero-order chi connectivity index (χ0) is 14.5. The van der Waals surface area contributed by atoms with Crippen molar-refractivity contribution in [1.82, 2.24) is 15.0 Å². The first-order chi connectivity index (χ1) is 8.92. The molecule has 1 heterocycles. The Kier molecular flexibility index (Phi) is 5.29. The third kappa shape index (κ3) is 4.51. The summed E-state index contributed by atoms with van der Waals surface area (Å²) in [6.07, 6.45) is 0.903. The Morgan fingerprint density at radius 2 is 1.68 bits per heavy atom. The molecule has 1 aromatic heterocycles. The first-order valence-electron chi connectivity index (χ1n) is 6.24. The third-order valence-electron chi connectivity index (χ3n) is 2.68. The van der Waals surface area contributed by atoms with Gasteiger partial charge in [-0.3, -0.25) is 0 Å².